The fraction of sp³-hybridized carbons (Fsp3) is 0.435. The zero-order valence-corrected chi connectivity index (χ0v) is 17.1. The van der Waals surface area contributed by atoms with Gasteiger partial charge in [0.1, 0.15) is 12.0 Å². The third-order valence-corrected chi connectivity index (χ3v) is 5.59. The van der Waals surface area contributed by atoms with Gasteiger partial charge in [0.25, 0.3) is 0 Å². The van der Waals surface area contributed by atoms with E-state index in [1.807, 2.05) is 18.2 Å². The van der Waals surface area contributed by atoms with Crippen molar-refractivity contribution in [3.05, 3.63) is 53.6 Å². The van der Waals surface area contributed by atoms with Gasteiger partial charge in [0.2, 0.25) is 6.79 Å². The summed E-state index contributed by atoms with van der Waals surface area (Å²) < 4.78 is 26.8. The second-order valence-corrected chi connectivity index (χ2v) is 7.41. The molecule has 2 heterocycles. The summed E-state index contributed by atoms with van der Waals surface area (Å²) in [6, 6.07) is 14.3. The molecule has 0 radical (unpaired) electrons. The van der Waals surface area contributed by atoms with E-state index in [9.17, 15) is 4.79 Å². The molecule has 7 heteroatoms. The monoisotopic (exact) mass is 413 g/mol. The van der Waals surface area contributed by atoms with E-state index < -0.39 is 0 Å². The number of benzene rings is 2. The Balaban J connectivity index is 1.41. The van der Waals surface area contributed by atoms with Gasteiger partial charge in [-0.15, -0.1) is 0 Å². The molecule has 2 aromatic carbocycles. The molecule has 4 rings (SSSR count). The molecule has 0 saturated carbocycles. The van der Waals surface area contributed by atoms with Crippen LogP contribution in [0.5, 0.6) is 17.2 Å². The summed E-state index contributed by atoms with van der Waals surface area (Å²) in [5, 5.41) is 0. The molecule has 0 N–H and O–H groups in total. The van der Waals surface area contributed by atoms with Crippen molar-refractivity contribution in [3.8, 4) is 17.2 Å². The minimum atomic E-state index is 0.178. The van der Waals surface area contributed by atoms with E-state index in [0.717, 1.165) is 36.5 Å². The van der Waals surface area contributed by atoms with E-state index >= 15 is 0 Å². The van der Waals surface area contributed by atoms with Gasteiger partial charge in [-0.25, -0.2) is 0 Å². The average molecular weight is 413 g/mol. The lowest BCUT2D eigenvalue weighted by Gasteiger charge is -2.22. The highest BCUT2D eigenvalue weighted by atomic mass is 16.7. The van der Waals surface area contributed by atoms with Crippen molar-refractivity contribution in [3.63, 3.8) is 0 Å². The van der Waals surface area contributed by atoms with E-state index in [-0.39, 0.29) is 19.6 Å². The summed E-state index contributed by atoms with van der Waals surface area (Å²) in [5.41, 5.74) is 2.39. The van der Waals surface area contributed by atoms with Gasteiger partial charge in [0, 0.05) is 19.7 Å². The van der Waals surface area contributed by atoms with Crippen LogP contribution in [0.4, 0.5) is 0 Å². The fourth-order valence-electron chi connectivity index (χ4n) is 4.05. The first-order valence-corrected chi connectivity index (χ1v) is 10.1. The number of hydrogen-bond donors (Lipinski definition) is 0. The predicted octanol–water partition coefficient (Wildman–Crippen LogP) is 3.14. The molecule has 2 atom stereocenters. The van der Waals surface area contributed by atoms with Gasteiger partial charge >= 0.3 is 0 Å². The average Bonchev–Trinajstić information content (AvgIpc) is 3.41. The third-order valence-electron chi connectivity index (χ3n) is 5.59. The molecule has 0 aromatic heterocycles. The van der Waals surface area contributed by atoms with Crippen LogP contribution in [-0.2, 0) is 14.3 Å². The van der Waals surface area contributed by atoms with Crippen LogP contribution in [0, 0.1) is 0 Å². The van der Waals surface area contributed by atoms with Crippen molar-refractivity contribution in [2.45, 2.75) is 18.4 Å². The van der Waals surface area contributed by atoms with Crippen LogP contribution >= 0.6 is 0 Å². The molecule has 1 fully saturated rings. The van der Waals surface area contributed by atoms with Crippen LogP contribution in [0.3, 0.4) is 0 Å². The molecule has 0 bridgehead atoms. The van der Waals surface area contributed by atoms with Gasteiger partial charge in [-0.1, -0.05) is 18.2 Å². The third kappa shape index (κ3) is 4.75. The first-order chi connectivity index (χ1) is 14.8. The second kappa shape index (κ2) is 9.93. The lowest BCUT2D eigenvalue weighted by atomic mass is 9.93. The van der Waals surface area contributed by atoms with E-state index in [4.69, 9.17) is 23.7 Å². The van der Waals surface area contributed by atoms with Crippen molar-refractivity contribution in [2.24, 2.45) is 0 Å². The highest BCUT2D eigenvalue weighted by Crippen LogP contribution is 2.43. The molecule has 7 nitrogen and oxygen atoms in total. The number of carbonyl (C=O) groups is 1. The maximum atomic E-state index is 11.3. The Morgan fingerprint density at radius 2 is 1.87 bits per heavy atom. The Morgan fingerprint density at radius 1 is 1.07 bits per heavy atom. The predicted molar refractivity (Wildman–Crippen MR) is 110 cm³/mol. The number of ether oxygens (including phenoxy) is 5. The van der Waals surface area contributed by atoms with Crippen molar-refractivity contribution >= 4 is 6.29 Å². The first kappa shape index (κ1) is 20.7. The summed E-state index contributed by atoms with van der Waals surface area (Å²) >= 11 is 0. The second-order valence-electron chi connectivity index (χ2n) is 7.41. The van der Waals surface area contributed by atoms with Crippen LogP contribution in [0.25, 0.3) is 0 Å². The molecule has 30 heavy (non-hydrogen) atoms. The fourth-order valence-corrected chi connectivity index (χ4v) is 4.05. The van der Waals surface area contributed by atoms with Gasteiger partial charge in [0.05, 0.1) is 19.8 Å². The van der Waals surface area contributed by atoms with Gasteiger partial charge in [-0.2, -0.15) is 0 Å². The SMILES string of the molecule is COCCOCOc1ccc([C@H]2C[C@@H](c3ccc4c(c3)OCO4)CN2CC=O)cc1. The Hall–Kier alpha value is -2.61. The number of aldehydes is 1. The highest BCUT2D eigenvalue weighted by Gasteiger charge is 2.34. The quantitative estimate of drug-likeness (QED) is 0.337. The van der Waals surface area contributed by atoms with Crippen molar-refractivity contribution in [1.29, 1.82) is 0 Å². The lowest BCUT2D eigenvalue weighted by molar-refractivity contribution is -0.109. The highest BCUT2D eigenvalue weighted by molar-refractivity contribution is 5.53. The summed E-state index contributed by atoms with van der Waals surface area (Å²) in [6.07, 6.45) is 1.91. The van der Waals surface area contributed by atoms with Crippen molar-refractivity contribution in [1.82, 2.24) is 4.90 Å². The summed E-state index contributed by atoms with van der Waals surface area (Å²) in [6.45, 7) is 2.75. The molecular weight excluding hydrogens is 386 g/mol. The van der Waals surface area contributed by atoms with Crippen LogP contribution in [0.2, 0.25) is 0 Å². The zero-order chi connectivity index (χ0) is 20.8. The minimum absolute atomic E-state index is 0.178. The molecule has 0 unspecified atom stereocenters. The van der Waals surface area contributed by atoms with Gasteiger partial charge in [-0.05, 0) is 47.7 Å². The standard InChI is InChI=1S/C23H27NO6/c1-26-10-11-27-15-28-20-5-2-17(3-6-20)21-12-19(14-24(21)8-9-25)18-4-7-22-23(13-18)30-16-29-22/h2-7,9,13,19,21H,8,10-12,14-16H2,1H3/t19-,21-/m1/s1. The maximum absolute atomic E-state index is 11.3. The van der Waals surface area contributed by atoms with E-state index in [0.29, 0.717) is 25.7 Å². The molecule has 1 saturated heterocycles. The summed E-state index contributed by atoms with van der Waals surface area (Å²) in [4.78, 5) is 13.5. The van der Waals surface area contributed by atoms with E-state index in [2.05, 4.69) is 29.2 Å². The van der Waals surface area contributed by atoms with Crippen LogP contribution in [0.15, 0.2) is 42.5 Å². The van der Waals surface area contributed by atoms with Gasteiger partial charge in [0.15, 0.2) is 18.3 Å². The topological polar surface area (TPSA) is 66.5 Å². The van der Waals surface area contributed by atoms with Gasteiger partial charge < -0.3 is 28.5 Å². The maximum Gasteiger partial charge on any atom is 0.231 e. The molecule has 0 aliphatic carbocycles. The zero-order valence-electron chi connectivity index (χ0n) is 17.1. The van der Waals surface area contributed by atoms with Crippen LogP contribution in [-0.4, -0.2) is 58.2 Å². The smallest absolute Gasteiger partial charge is 0.231 e. The Labute approximate surface area is 176 Å². The number of likely N-dealkylation sites (tertiary alicyclic amines) is 1. The summed E-state index contributed by atoms with van der Waals surface area (Å²) in [7, 11) is 1.64. The molecular formula is C23H27NO6. The summed E-state index contributed by atoms with van der Waals surface area (Å²) in [5.74, 6) is 2.67. The number of fused-ring (bicyclic) bond motifs is 1. The molecule has 160 valence electrons. The van der Waals surface area contributed by atoms with Crippen molar-refractivity contribution < 1.29 is 28.5 Å². The van der Waals surface area contributed by atoms with E-state index in [1.165, 1.54) is 11.1 Å². The Kier molecular flexibility index (Phi) is 6.84. The Morgan fingerprint density at radius 3 is 2.67 bits per heavy atom. The lowest BCUT2D eigenvalue weighted by Crippen LogP contribution is -2.25. The molecule has 2 aliphatic rings. The largest absolute Gasteiger partial charge is 0.468 e. The first-order valence-electron chi connectivity index (χ1n) is 10.1. The number of nitrogens with zero attached hydrogens (tertiary/aromatic N) is 1. The molecule has 0 spiro atoms. The number of hydrogen-bond acceptors (Lipinski definition) is 7. The number of rotatable bonds is 10. The van der Waals surface area contributed by atoms with Gasteiger partial charge in [-0.3, -0.25) is 4.90 Å². The van der Waals surface area contributed by atoms with Crippen LogP contribution < -0.4 is 14.2 Å². The normalized spacial score (nSPS) is 20.4. The number of carbonyl (C=O) groups excluding carboxylic acids is 1. The molecule has 2 aromatic rings. The molecule has 2 aliphatic heterocycles. The van der Waals surface area contributed by atoms with E-state index in [1.54, 1.807) is 7.11 Å². The van der Waals surface area contributed by atoms with Crippen molar-refractivity contribution in [2.75, 3.05) is 47.0 Å². The molecule has 0 amide bonds. The van der Waals surface area contributed by atoms with Crippen LogP contribution in [0.1, 0.15) is 29.5 Å². The minimum Gasteiger partial charge on any atom is -0.468 e. The number of methoxy groups -OCH3 is 1. The Bertz CT molecular complexity index is 840.